The molecule has 2 heterocycles. The van der Waals surface area contributed by atoms with Gasteiger partial charge >= 0.3 is 0 Å². The Morgan fingerprint density at radius 3 is 2.00 bits per heavy atom. The molecule has 0 N–H and O–H groups in total. The standard InChI is InChI=1S/C26H29NO2S/c1-24(2,3)18-15-26(16-19(23(18)28)25(4,5)6)21(17-11-8-7-9-12-17)22(27-29-26)20-13-10-14-30-20/h7-16,21H,1-6H3. The van der Waals surface area contributed by atoms with Crippen LogP contribution in [0.4, 0.5) is 0 Å². The molecule has 30 heavy (non-hydrogen) atoms. The number of hydrogen-bond donors (Lipinski definition) is 0. The molecule has 156 valence electrons. The van der Waals surface area contributed by atoms with Crippen molar-refractivity contribution >= 4 is 22.8 Å². The number of hydrogen-bond acceptors (Lipinski definition) is 4. The molecule has 0 radical (unpaired) electrons. The van der Waals surface area contributed by atoms with E-state index in [2.05, 4.69) is 70.3 Å². The summed E-state index contributed by atoms with van der Waals surface area (Å²) < 4.78 is 0. The first-order chi connectivity index (χ1) is 14.0. The second-order valence-electron chi connectivity index (χ2n) is 10.2. The monoisotopic (exact) mass is 419 g/mol. The number of rotatable bonds is 2. The number of carbonyl (C=O) groups excluding carboxylic acids is 1. The molecule has 0 bridgehead atoms. The quantitative estimate of drug-likeness (QED) is 0.555. The molecular formula is C26H29NO2S. The van der Waals surface area contributed by atoms with E-state index >= 15 is 0 Å². The predicted molar refractivity (Wildman–Crippen MR) is 124 cm³/mol. The van der Waals surface area contributed by atoms with Gasteiger partial charge in [0, 0.05) is 11.1 Å². The fourth-order valence-electron chi connectivity index (χ4n) is 4.23. The Kier molecular flexibility index (Phi) is 4.89. The van der Waals surface area contributed by atoms with E-state index in [-0.39, 0.29) is 22.5 Å². The van der Waals surface area contributed by atoms with Crippen LogP contribution < -0.4 is 0 Å². The summed E-state index contributed by atoms with van der Waals surface area (Å²) in [5.74, 6) is -0.0132. The zero-order valence-electron chi connectivity index (χ0n) is 18.5. The van der Waals surface area contributed by atoms with Gasteiger partial charge in [-0.25, -0.2) is 0 Å². The number of carbonyl (C=O) groups is 1. The maximum atomic E-state index is 13.5. The minimum absolute atomic E-state index is 0.112. The van der Waals surface area contributed by atoms with Crippen molar-refractivity contribution in [1.82, 2.24) is 0 Å². The van der Waals surface area contributed by atoms with Gasteiger partial charge in [-0.3, -0.25) is 4.79 Å². The third kappa shape index (κ3) is 3.47. The van der Waals surface area contributed by atoms with E-state index in [4.69, 9.17) is 4.84 Å². The molecule has 4 heteroatoms. The summed E-state index contributed by atoms with van der Waals surface area (Å²) in [6, 6.07) is 14.5. The van der Waals surface area contributed by atoms with E-state index in [0.717, 1.165) is 27.3 Å². The van der Waals surface area contributed by atoms with Crippen LogP contribution in [0.3, 0.4) is 0 Å². The van der Waals surface area contributed by atoms with Crippen LogP contribution in [0.1, 0.15) is 57.9 Å². The van der Waals surface area contributed by atoms with Crippen molar-refractivity contribution in [3.8, 4) is 0 Å². The summed E-state index contributed by atoms with van der Waals surface area (Å²) in [5, 5.41) is 6.66. The van der Waals surface area contributed by atoms with Crippen LogP contribution in [0.25, 0.3) is 0 Å². The molecule has 1 atom stereocenters. The van der Waals surface area contributed by atoms with E-state index in [9.17, 15) is 4.79 Å². The predicted octanol–water partition coefficient (Wildman–Crippen LogP) is 6.53. The molecule has 4 rings (SSSR count). The third-order valence-electron chi connectivity index (χ3n) is 5.78. The normalized spacial score (nSPS) is 21.2. The Labute approximate surface area is 183 Å². The van der Waals surface area contributed by atoms with Crippen molar-refractivity contribution in [1.29, 1.82) is 0 Å². The Bertz CT molecular complexity index is 1010. The molecule has 0 saturated heterocycles. The first-order valence-electron chi connectivity index (χ1n) is 10.4. The lowest BCUT2D eigenvalue weighted by molar-refractivity contribution is -0.114. The second-order valence-corrected chi connectivity index (χ2v) is 11.1. The smallest absolute Gasteiger partial charge is 0.188 e. The number of thiophene rings is 1. The van der Waals surface area contributed by atoms with Gasteiger partial charge in [0.1, 0.15) is 5.71 Å². The molecule has 1 spiro atoms. The molecule has 0 amide bonds. The van der Waals surface area contributed by atoms with Gasteiger partial charge in [-0.2, -0.15) is 0 Å². The topological polar surface area (TPSA) is 38.7 Å². The second kappa shape index (κ2) is 7.05. The maximum absolute atomic E-state index is 13.5. The van der Waals surface area contributed by atoms with Crippen LogP contribution in [-0.4, -0.2) is 17.1 Å². The molecule has 2 aliphatic rings. The van der Waals surface area contributed by atoms with Gasteiger partial charge in [0.25, 0.3) is 0 Å². The molecule has 2 aromatic rings. The minimum atomic E-state index is -0.820. The number of allylic oxidation sites excluding steroid dienone is 2. The lowest BCUT2D eigenvalue weighted by Gasteiger charge is -2.38. The van der Waals surface area contributed by atoms with Gasteiger partial charge < -0.3 is 4.84 Å². The molecule has 1 aliphatic carbocycles. The molecule has 3 nitrogen and oxygen atoms in total. The highest BCUT2D eigenvalue weighted by molar-refractivity contribution is 7.12. The molecular weight excluding hydrogens is 390 g/mol. The van der Waals surface area contributed by atoms with E-state index in [0.29, 0.717) is 0 Å². The zero-order valence-corrected chi connectivity index (χ0v) is 19.3. The SMILES string of the molecule is CC(C)(C)C1=CC2(C=C(C(C)(C)C)C1=O)ON=C(c1cccs1)C2c1ccccc1. The van der Waals surface area contributed by atoms with Crippen molar-refractivity contribution in [3.05, 3.63) is 81.6 Å². The summed E-state index contributed by atoms with van der Waals surface area (Å²) in [6.07, 6.45) is 4.07. The van der Waals surface area contributed by atoms with Gasteiger partial charge in [0.15, 0.2) is 11.4 Å². The summed E-state index contributed by atoms with van der Waals surface area (Å²) in [4.78, 5) is 20.9. The average molecular weight is 420 g/mol. The Morgan fingerprint density at radius 1 is 0.900 bits per heavy atom. The van der Waals surface area contributed by atoms with E-state index in [1.807, 2.05) is 36.4 Å². The number of ketones is 1. The van der Waals surface area contributed by atoms with Crippen LogP contribution in [0, 0.1) is 10.8 Å². The van der Waals surface area contributed by atoms with Crippen LogP contribution >= 0.6 is 11.3 Å². The summed E-state index contributed by atoms with van der Waals surface area (Å²) in [6.45, 7) is 12.5. The molecule has 1 aromatic carbocycles. The first-order valence-corrected chi connectivity index (χ1v) is 11.3. The summed E-state index contributed by atoms with van der Waals surface area (Å²) in [7, 11) is 0. The van der Waals surface area contributed by atoms with Gasteiger partial charge in [-0.15, -0.1) is 11.3 Å². The van der Waals surface area contributed by atoms with Crippen molar-refractivity contribution in [2.45, 2.75) is 53.1 Å². The highest BCUT2D eigenvalue weighted by Gasteiger charge is 2.52. The Morgan fingerprint density at radius 2 is 1.50 bits per heavy atom. The average Bonchev–Trinajstić information content (AvgIpc) is 3.31. The number of Topliss-reactive ketones (excluding diaryl/α,β-unsaturated/α-hetero) is 1. The van der Waals surface area contributed by atoms with Gasteiger partial charge in [-0.1, -0.05) is 83.1 Å². The lowest BCUT2D eigenvalue weighted by Crippen LogP contribution is -2.41. The molecule has 0 saturated carbocycles. The summed E-state index contributed by atoms with van der Waals surface area (Å²) >= 11 is 1.66. The van der Waals surface area contributed by atoms with Crippen molar-refractivity contribution in [3.63, 3.8) is 0 Å². The molecule has 0 fully saturated rings. The Hall–Kier alpha value is -2.46. The minimum Gasteiger partial charge on any atom is -0.379 e. The largest absolute Gasteiger partial charge is 0.379 e. The highest BCUT2D eigenvalue weighted by Crippen LogP contribution is 2.50. The zero-order chi connectivity index (χ0) is 21.7. The fraction of sp³-hybridized carbons (Fsp3) is 0.385. The van der Waals surface area contributed by atoms with Crippen LogP contribution in [-0.2, 0) is 9.63 Å². The number of benzene rings is 1. The van der Waals surface area contributed by atoms with Crippen LogP contribution in [0.2, 0.25) is 0 Å². The maximum Gasteiger partial charge on any atom is 0.188 e. The van der Waals surface area contributed by atoms with Gasteiger partial charge in [0.05, 0.1) is 10.8 Å². The fourth-order valence-corrected chi connectivity index (χ4v) is 4.96. The molecule has 1 aliphatic heterocycles. The van der Waals surface area contributed by atoms with Gasteiger partial charge in [-0.05, 0) is 40.0 Å². The van der Waals surface area contributed by atoms with Crippen molar-refractivity contribution in [2.75, 3.05) is 0 Å². The summed E-state index contributed by atoms with van der Waals surface area (Å²) in [5.41, 5.74) is 2.21. The van der Waals surface area contributed by atoms with Crippen LogP contribution in [0.15, 0.2) is 76.3 Å². The molecule has 1 unspecified atom stereocenters. The Balaban J connectivity index is 1.97. The van der Waals surface area contributed by atoms with E-state index in [1.165, 1.54) is 0 Å². The van der Waals surface area contributed by atoms with Crippen molar-refractivity contribution < 1.29 is 9.63 Å². The van der Waals surface area contributed by atoms with Gasteiger partial charge in [0.2, 0.25) is 0 Å². The lowest BCUT2D eigenvalue weighted by atomic mass is 9.66. The van der Waals surface area contributed by atoms with E-state index < -0.39 is 5.60 Å². The number of nitrogens with zero attached hydrogens (tertiary/aromatic N) is 1. The number of oxime groups is 1. The van der Waals surface area contributed by atoms with Crippen LogP contribution in [0.5, 0.6) is 0 Å². The highest BCUT2D eigenvalue weighted by atomic mass is 32.1. The third-order valence-corrected chi connectivity index (χ3v) is 6.67. The molecule has 1 aromatic heterocycles. The van der Waals surface area contributed by atoms with Crippen molar-refractivity contribution in [2.24, 2.45) is 16.0 Å². The first kappa shape index (κ1) is 20.8. The van der Waals surface area contributed by atoms with E-state index in [1.54, 1.807) is 11.3 Å².